The van der Waals surface area contributed by atoms with Crippen molar-refractivity contribution in [1.82, 2.24) is 19.9 Å². The van der Waals surface area contributed by atoms with Crippen LogP contribution in [0.3, 0.4) is 0 Å². The monoisotopic (exact) mass is 383 g/mol. The van der Waals surface area contributed by atoms with Gasteiger partial charge in [0.25, 0.3) is 0 Å². The molecule has 0 unspecified atom stereocenters. The van der Waals surface area contributed by atoms with Crippen molar-refractivity contribution in [3.05, 3.63) is 24.7 Å². The number of hydrogen-bond donors (Lipinski definition) is 2. The van der Waals surface area contributed by atoms with Gasteiger partial charge in [0.15, 0.2) is 5.82 Å². The van der Waals surface area contributed by atoms with Gasteiger partial charge in [-0.1, -0.05) is 0 Å². The largest absolute Gasteiger partial charge is 0.481 e. The Hall–Kier alpha value is -2.97. The highest BCUT2D eigenvalue weighted by atomic mass is 16.4. The van der Waals surface area contributed by atoms with E-state index in [0.717, 1.165) is 24.7 Å². The Morgan fingerprint density at radius 3 is 2.50 bits per heavy atom. The van der Waals surface area contributed by atoms with Crippen LogP contribution >= 0.6 is 0 Å². The summed E-state index contributed by atoms with van der Waals surface area (Å²) in [5.41, 5.74) is 0. The maximum atomic E-state index is 11.1. The van der Waals surface area contributed by atoms with Gasteiger partial charge in [0, 0.05) is 32.4 Å². The number of hydrogen-bond acceptors (Lipinski definition) is 8. The predicted molar refractivity (Wildman–Crippen MR) is 106 cm³/mol. The van der Waals surface area contributed by atoms with Crippen LogP contribution in [0, 0.1) is 5.92 Å². The average molecular weight is 383 g/mol. The SMILES string of the molecule is O=C(O)C1CCN(c2ccnc(Nc3cncc(N4CCCCC4)n3)n2)CC1. The third-order valence-corrected chi connectivity index (χ3v) is 5.35. The minimum atomic E-state index is -0.711. The number of nitrogens with zero attached hydrogens (tertiary/aromatic N) is 6. The van der Waals surface area contributed by atoms with Crippen molar-refractivity contribution in [2.24, 2.45) is 5.92 Å². The number of rotatable bonds is 5. The van der Waals surface area contributed by atoms with E-state index >= 15 is 0 Å². The van der Waals surface area contributed by atoms with Crippen LogP contribution in [0.5, 0.6) is 0 Å². The Balaban J connectivity index is 1.43. The molecule has 0 aliphatic carbocycles. The van der Waals surface area contributed by atoms with E-state index in [1.807, 2.05) is 6.07 Å². The van der Waals surface area contributed by atoms with Gasteiger partial charge in [-0.15, -0.1) is 0 Å². The van der Waals surface area contributed by atoms with Crippen LogP contribution in [0.4, 0.5) is 23.4 Å². The first-order chi connectivity index (χ1) is 13.7. The standard InChI is InChI=1S/C19H25N7O2/c27-18(28)14-5-10-26(11-6-14)16-4-7-21-19(24-16)23-15-12-20-13-17(22-15)25-8-2-1-3-9-25/h4,7,12-14H,1-3,5-6,8-11H2,(H,27,28)(H,21,22,23,24). The van der Waals surface area contributed by atoms with E-state index in [-0.39, 0.29) is 5.92 Å². The lowest BCUT2D eigenvalue weighted by Gasteiger charge is -2.31. The number of carbonyl (C=O) groups is 1. The molecule has 2 aromatic heterocycles. The highest BCUT2D eigenvalue weighted by molar-refractivity contribution is 5.70. The molecule has 4 heterocycles. The molecule has 0 bridgehead atoms. The molecule has 0 radical (unpaired) electrons. The van der Waals surface area contributed by atoms with Crippen LogP contribution < -0.4 is 15.1 Å². The van der Waals surface area contributed by atoms with Crippen molar-refractivity contribution in [1.29, 1.82) is 0 Å². The zero-order valence-corrected chi connectivity index (χ0v) is 15.8. The molecule has 2 aliphatic rings. The summed E-state index contributed by atoms with van der Waals surface area (Å²) < 4.78 is 0. The van der Waals surface area contributed by atoms with Crippen molar-refractivity contribution in [3.8, 4) is 0 Å². The Morgan fingerprint density at radius 2 is 1.75 bits per heavy atom. The minimum Gasteiger partial charge on any atom is -0.481 e. The zero-order chi connectivity index (χ0) is 19.3. The van der Waals surface area contributed by atoms with Crippen molar-refractivity contribution in [2.75, 3.05) is 41.3 Å². The van der Waals surface area contributed by atoms with Crippen LogP contribution in [0.1, 0.15) is 32.1 Å². The molecule has 148 valence electrons. The van der Waals surface area contributed by atoms with E-state index < -0.39 is 5.97 Å². The third-order valence-electron chi connectivity index (χ3n) is 5.35. The molecular weight excluding hydrogens is 358 g/mol. The summed E-state index contributed by atoms with van der Waals surface area (Å²) >= 11 is 0. The van der Waals surface area contributed by atoms with Gasteiger partial charge in [-0.2, -0.15) is 4.98 Å². The maximum Gasteiger partial charge on any atom is 0.306 e. The first kappa shape index (κ1) is 18.4. The number of carboxylic acid groups (broad SMARTS) is 1. The van der Waals surface area contributed by atoms with Crippen LogP contribution in [-0.2, 0) is 4.79 Å². The molecule has 0 saturated carbocycles. The Morgan fingerprint density at radius 1 is 1.00 bits per heavy atom. The van der Waals surface area contributed by atoms with Gasteiger partial charge < -0.3 is 20.2 Å². The fourth-order valence-corrected chi connectivity index (χ4v) is 3.75. The molecule has 2 aromatic rings. The maximum absolute atomic E-state index is 11.1. The average Bonchev–Trinajstić information content (AvgIpc) is 2.75. The van der Waals surface area contributed by atoms with E-state index in [1.54, 1.807) is 18.6 Å². The lowest BCUT2D eigenvalue weighted by Crippen LogP contribution is -2.36. The van der Waals surface area contributed by atoms with Crippen LogP contribution in [-0.4, -0.2) is 57.2 Å². The van der Waals surface area contributed by atoms with Crippen LogP contribution in [0.2, 0.25) is 0 Å². The van der Waals surface area contributed by atoms with Gasteiger partial charge in [-0.25, -0.2) is 9.97 Å². The van der Waals surface area contributed by atoms with Gasteiger partial charge in [0.1, 0.15) is 11.6 Å². The van der Waals surface area contributed by atoms with Gasteiger partial charge in [-0.3, -0.25) is 9.78 Å². The topological polar surface area (TPSA) is 107 Å². The first-order valence-corrected chi connectivity index (χ1v) is 9.84. The van der Waals surface area contributed by atoms with E-state index in [0.29, 0.717) is 37.7 Å². The molecule has 0 atom stereocenters. The van der Waals surface area contributed by atoms with Crippen molar-refractivity contribution in [3.63, 3.8) is 0 Å². The highest BCUT2D eigenvalue weighted by Gasteiger charge is 2.25. The molecule has 0 spiro atoms. The first-order valence-electron chi connectivity index (χ1n) is 9.84. The lowest BCUT2D eigenvalue weighted by atomic mass is 9.97. The molecule has 2 aliphatic heterocycles. The van der Waals surface area contributed by atoms with Gasteiger partial charge in [0.05, 0.1) is 18.3 Å². The summed E-state index contributed by atoms with van der Waals surface area (Å²) in [5.74, 6) is 1.77. The molecule has 0 amide bonds. The van der Waals surface area contributed by atoms with Crippen molar-refractivity contribution >= 4 is 29.4 Å². The smallest absolute Gasteiger partial charge is 0.306 e. The fourth-order valence-electron chi connectivity index (χ4n) is 3.75. The summed E-state index contributed by atoms with van der Waals surface area (Å²) in [4.78, 5) is 33.3. The molecule has 9 nitrogen and oxygen atoms in total. The molecular formula is C19H25N7O2. The fraction of sp³-hybridized carbons (Fsp3) is 0.526. The predicted octanol–water partition coefficient (Wildman–Crippen LogP) is 2.30. The number of carboxylic acids is 1. The normalized spacial score (nSPS) is 18.1. The van der Waals surface area contributed by atoms with Crippen LogP contribution in [0.15, 0.2) is 24.7 Å². The molecule has 2 N–H and O–H groups in total. The summed E-state index contributed by atoms with van der Waals surface area (Å²) in [6.45, 7) is 3.38. The van der Waals surface area contributed by atoms with Crippen molar-refractivity contribution in [2.45, 2.75) is 32.1 Å². The summed E-state index contributed by atoms with van der Waals surface area (Å²) in [6.07, 6.45) is 10.1. The summed E-state index contributed by atoms with van der Waals surface area (Å²) in [5, 5.41) is 12.3. The molecule has 0 aromatic carbocycles. The summed E-state index contributed by atoms with van der Waals surface area (Å²) in [7, 11) is 0. The zero-order valence-electron chi connectivity index (χ0n) is 15.8. The van der Waals surface area contributed by atoms with E-state index in [4.69, 9.17) is 5.11 Å². The number of aromatic nitrogens is 4. The third kappa shape index (κ3) is 4.29. The number of nitrogens with one attached hydrogen (secondary N) is 1. The van der Waals surface area contributed by atoms with Gasteiger partial charge >= 0.3 is 5.97 Å². The molecule has 28 heavy (non-hydrogen) atoms. The lowest BCUT2D eigenvalue weighted by molar-refractivity contribution is -0.142. The molecule has 9 heteroatoms. The highest BCUT2D eigenvalue weighted by Crippen LogP contribution is 2.23. The Kier molecular flexibility index (Phi) is 5.50. The van der Waals surface area contributed by atoms with Gasteiger partial charge in [-0.05, 0) is 38.2 Å². The Bertz CT molecular complexity index is 817. The second-order valence-corrected chi connectivity index (χ2v) is 7.27. The van der Waals surface area contributed by atoms with E-state index in [2.05, 4.69) is 35.1 Å². The molecule has 4 rings (SSSR count). The summed E-state index contributed by atoms with van der Waals surface area (Å²) in [6, 6.07) is 1.85. The minimum absolute atomic E-state index is 0.261. The van der Waals surface area contributed by atoms with Gasteiger partial charge in [0.2, 0.25) is 5.95 Å². The molecule has 2 fully saturated rings. The Labute approximate surface area is 163 Å². The van der Waals surface area contributed by atoms with E-state index in [1.165, 1.54) is 19.3 Å². The second kappa shape index (κ2) is 8.37. The molecule has 2 saturated heterocycles. The van der Waals surface area contributed by atoms with Crippen LogP contribution in [0.25, 0.3) is 0 Å². The van der Waals surface area contributed by atoms with Crippen molar-refractivity contribution < 1.29 is 9.90 Å². The number of anilines is 4. The second-order valence-electron chi connectivity index (χ2n) is 7.27. The number of piperidine rings is 2. The number of aliphatic carboxylic acids is 1. The quantitative estimate of drug-likeness (QED) is 0.804. The van der Waals surface area contributed by atoms with E-state index in [9.17, 15) is 4.79 Å².